The van der Waals surface area contributed by atoms with E-state index in [1.54, 1.807) is 0 Å². The molecule has 0 saturated carbocycles. The Balaban J connectivity index is 2.64. The van der Waals surface area contributed by atoms with Crippen LogP contribution in [0.15, 0.2) is 0 Å². The molecular formula is C6H8NO2S. The maximum Gasteiger partial charge on any atom is 0.238 e. The van der Waals surface area contributed by atoms with Crippen LogP contribution in [0.1, 0.15) is 0 Å². The predicted molar refractivity (Wildman–Crippen MR) is 39.4 cm³/mol. The van der Waals surface area contributed by atoms with Crippen molar-refractivity contribution in [1.82, 2.24) is 4.90 Å². The van der Waals surface area contributed by atoms with Gasteiger partial charge in [0.25, 0.3) is 0 Å². The maximum atomic E-state index is 10.9. The molecule has 55 valence electrons. The molecule has 1 rings (SSSR count). The summed E-state index contributed by atoms with van der Waals surface area (Å²) in [6, 6.07) is 0. The molecule has 0 aromatic carbocycles. The van der Waals surface area contributed by atoms with E-state index in [-0.39, 0.29) is 11.8 Å². The minimum atomic E-state index is -0.185. The molecule has 10 heavy (non-hydrogen) atoms. The molecule has 1 aliphatic rings. The summed E-state index contributed by atoms with van der Waals surface area (Å²) < 4.78 is 0. The van der Waals surface area contributed by atoms with E-state index < -0.39 is 0 Å². The number of hydrogen-bond acceptors (Lipinski definition) is 3. The first-order chi connectivity index (χ1) is 4.72. The monoisotopic (exact) mass is 158 g/mol. The van der Waals surface area contributed by atoms with Crippen LogP contribution in [-0.2, 0) is 9.59 Å². The Kier molecular flexibility index (Phi) is 2.32. The SMILES string of the molecule is CN1C(=O)[CH]CSCC1=O. The first kappa shape index (κ1) is 7.60. The van der Waals surface area contributed by atoms with E-state index >= 15 is 0 Å². The second kappa shape index (κ2) is 3.05. The van der Waals surface area contributed by atoms with Crippen LogP contribution < -0.4 is 0 Å². The molecule has 1 saturated heterocycles. The summed E-state index contributed by atoms with van der Waals surface area (Å²) in [4.78, 5) is 22.9. The Bertz CT molecular complexity index is 151. The summed E-state index contributed by atoms with van der Waals surface area (Å²) in [5, 5.41) is 0. The van der Waals surface area contributed by atoms with Gasteiger partial charge in [-0.2, -0.15) is 11.8 Å². The van der Waals surface area contributed by atoms with Crippen molar-refractivity contribution in [2.24, 2.45) is 0 Å². The third-order valence-electron chi connectivity index (χ3n) is 1.31. The Morgan fingerprint density at radius 1 is 1.60 bits per heavy atom. The summed E-state index contributed by atoms with van der Waals surface area (Å²) in [7, 11) is 1.51. The Labute approximate surface area is 63.8 Å². The highest BCUT2D eigenvalue weighted by Crippen LogP contribution is 2.09. The van der Waals surface area contributed by atoms with Gasteiger partial charge in [0.05, 0.1) is 12.2 Å². The molecule has 1 aliphatic heterocycles. The molecule has 0 aliphatic carbocycles. The molecule has 2 amide bonds. The lowest BCUT2D eigenvalue weighted by molar-refractivity contribution is -0.139. The fraction of sp³-hybridized carbons (Fsp3) is 0.500. The van der Waals surface area contributed by atoms with Crippen molar-refractivity contribution in [3.63, 3.8) is 0 Å². The predicted octanol–water partition coefficient (Wildman–Crippen LogP) is -0.0775. The van der Waals surface area contributed by atoms with Gasteiger partial charge in [-0.15, -0.1) is 0 Å². The zero-order valence-electron chi connectivity index (χ0n) is 5.66. The summed E-state index contributed by atoms with van der Waals surface area (Å²) in [6.07, 6.45) is 1.52. The highest BCUT2D eigenvalue weighted by atomic mass is 32.2. The van der Waals surface area contributed by atoms with E-state index in [9.17, 15) is 9.59 Å². The highest BCUT2D eigenvalue weighted by molar-refractivity contribution is 8.00. The smallest absolute Gasteiger partial charge is 0.238 e. The highest BCUT2D eigenvalue weighted by Gasteiger charge is 2.19. The second-order valence-electron chi connectivity index (χ2n) is 2.01. The van der Waals surface area contributed by atoms with Gasteiger partial charge in [-0.05, 0) is 0 Å². The lowest BCUT2D eigenvalue weighted by atomic mass is 10.4. The Morgan fingerprint density at radius 3 is 3.00 bits per heavy atom. The summed E-state index contributed by atoms with van der Waals surface area (Å²) in [6.45, 7) is 0. The van der Waals surface area contributed by atoms with Crippen molar-refractivity contribution in [1.29, 1.82) is 0 Å². The molecule has 0 N–H and O–H groups in total. The number of nitrogens with zero attached hydrogens (tertiary/aromatic N) is 1. The Hall–Kier alpha value is -0.510. The largest absolute Gasteiger partial charge is 0.285 e. The third-order valence-corrected chi connectivity index (χ3v) is 2.16. The van der Waals surface area contributed by atoms with E-state index in [0.717, 1.165) is 4.90 Å². The van der Waals surface area contributed by atoms with Crippen molar-refractivity contribution in [3.8, 4) is 0 Å². The first-order valence-electron chi connectivity index (χ1n) is 2.93. The van der Waals surface area contributed by atoms with Crippen LogP contribution in [0.25, 0.3) is 0 Å². The standard InChI is InChI=1S/C6H8NO2S/c1-7-5(8)2-3-10-4-6(7)9/h2H,3-4H2,1H3. The molecule has 1 heterocycles. The molecule has 0 aromatic rings. The number of carbonyl (C=O) groups is 2. The number of imide groups is 1. The molecule has 1 radical (unpaired) electrons. The van der Waals surface area contributed by atoms with Crippen LogP contribution in [0.5, 0.6) is 0 Å². The van der Waals surface area contributed by atoms with Crippen LogP contribution in [0.3, 0.4) is 0 Å². The Morgan fingerprint density at radius 2 is 2.30 bits per heavy atom. The quantitative estimate of drug-likeness (QED) is 0.463. The first-order valence-corrected chi connectivity index (χ1v) is 4.09. The van der Waals surface area contributed by atoms with Gasteiger partial charge in [0.1, 0.15) is 0 Å². The van der Waals surface area contributed by atoms with Gasteiger partial charge in [0, 0.05) is 12.8 Å². The fourth-order valence-corrected chi connectivity index (χ4v) is 1.38. The molecule has 4 heteroatoms. The zero-order valence-corrected chi connectivity index (χ0v) is 6.48. The maximum absolute atomic E-state index is 10.9. The van der Waals surface area contributed by atoms with Crippen LogP contribution in [0.2, 0.25) is 0 Å². The van der Waals surface area contributed by atoms with Gasteiger partial charge in [0.15, 0.2) is 0 Å². The zero-order chi connectivity index (χ0) is 7.56. The van der Waals surface area contributed by atoms with Crippen LogP contribution in [-0.4, -0.2) is 35.3 Å². The van der Waals surface area contributed by atoms with Gasteiger partial charge >= 0.3 is 0 Å². The van der Waals surface area contributed by atoms with E-state index in [1.807, 2.05) is 0 Å². The van der Waals surface area contributed by atoms with E-state index in [1.165, 1.54) is 25.2 Å². The molecule has 0 spiro atoms. The van der Waals surface area contributed by atoms with Crippen molar-refractivity contribution in [3.05, 3.63) is 6.42 Å². The third kappa shape index (κ3) is 1.50. The van der Waals surface area contributed by atoms with Gasteiger partial charge in [-0.1, -0.05) is 0 Å². The number of rotatable bonds is 0. The van der Waals surface area contributed by atoms with Crippen molar-refractivity contribution >= 4 is 23.6 Å². The lowest BCUT2D eigenvalue weighted by Gasteiger charge is -2.09. The second-order valence-corrected chi connectivity index (χ2v) is 3.04. The van der Waals surface area contributed by atoms with Gasteiger partial charge < -0.3 is 0 Å². The van der Waals surface area contributed by atoms with E-state index in [4.69, 9.17) is 0 Å². The normalized spacial score (nSPS) is 21.1. The number of thioether (sulfide) groups is 1. The molecule has 0 bridgehead atoms. The summed E-state index contributed by atoms with van der Waals surface area (Å²) in [5.41, 5.74) is 0. The van der Waals surface area contributed by atoms with Gasteiger partial charge in [-0.3, -0.25) is 14.5 Å². The van der Waals surface area contributed by atoms with Crippen molar-refractivity contribution in [2.45, 2.75) is 0 Å². The topological polar surface area (TPSA) is 37.4 Å². The minimum absolute atomic E-state index is 0.108. The van der Waals surface area contributed by atoms with Crippen LogP contribution in [0.4, 0.5) is 0 Å². The van der Waals surface area contributed by atoms with E-state index in [2.05, 4.69) is 0 Å². The van der Waals surface area contributed by atoms with Crippen molar-refractivity contribution < 1.29 is 9.59 Å². The minimum Gasteiger partial charge on any atom is -0.285 e. The molecule has 0 unspecified atom stereocenters. The molecule has 1 fully saturated rings. The van der Waals surface area contributed by atoms with Gasteiger partial charge in [0.2, 0.25) is 11.8 Å². The number of carbonyl (C=O) groups excluding carboxylic acids is 2. The van der Waals surface area contributed by atoms with Gasteiger partial charge in [-0.25, -0.2) is 0 Å². The average molecular weight is 158 g/mol. The fourth-order valence-electron chi connectivity index (χ4n) is 0.633. The molecule has 3 nitrogen and oxygen atoms in total. The van der Waals surface area contributed by atoms with Crippen LogP contribution in [0, 0.1) is 6.42 Å². The number of amides is 2. The van der Waals surface area contributed by atoms with E-state index in [0.29, 0.717) is 11.5 Å². The average Bonchev–Trinajstić information content (AvgIpc) is 2.04. The number of hydrogen-bond donors (Lipinski definition) is 0. The summed E-state index contributed by atoms with van der Waals surface area (Å²) >= 11 is 1.46. The van der Waals surface area contributed by atoms with Crippen molar-refractivity contribution in [2.75, 3.05) is 18.6 Å². The summed E-state index contributed by atoms with van der Waals surface area (Å²) in [5.74, 6) is 0.770. The van der Waals surface area contributed by atoms with Crippen LogP contribution >= 0.6 is 11.8 Å². The molecular weight excluding hydrogens is 150 g/mol. The molecule has 0 aromatic heterocycles. The lowest BCUT2D eigenvalue weighted by Crippen LogP contribution is -2.32. The molecule has 0 atom stereocenters.